The molecule has 9 heteroatoms. The van der Waals surface area contributed by atoms with Crippen molar-refractivity contribution < 1.29 is 27.9 Å². The SMILES string of the molecule is CN(CC(F)(F)F)C(=O)N1C(C(=O)O)CSC1C1CC1. The Kier molecular flexibility index (Phi) is 4.08. The second kappa shape index (κ2) is 5.34. The van der Waals surface area contributed by atoms with Gasteiger partial charge in [-0.2, -0.15) is 13.2 Å². The van der Waals surface area contributed by atoms with Gasteiger partial charge in [-0.1, -0.05) is 0 Å². The minimum absolute atomic E-state index is 0.201. The van der Waals surface area contributed by atoms with Crippen LogP contribution in [0.25, 0.3) is 0 Å². The number of thioether (sulfide) groups is 1. The second-order valence-corrected chi connectivity index (χ2v) is 6.23. The lowest BCUT2D eigenvalue weighted by Crippen LogP contribution is -2.52. The topological polar surface area (TPSA) is 60.9 Å². The summed E-state index contributed by atoms with van der Waals surface area (Å²) in [6.07, 6.45) is -2.72. The average molecular weight is 312 g/mol. The van der Waals surface area contributed by atoms with E-state index in [0.29, 0.717) is 4.90 Å². The standard InChI is InChI=1S/C11H15F3N2O3S/c1-15(5-11(12,13)14)10(19)16-7(9(17)18)4-20-8(16)6-2-3-6/h6-8H,2-5H2,1H3,(H,17,18). The molecule has 1 saturated carbocycles. The van der Waals surface area contributed by atoms with Gasteiger partial charge in [0.2, 0.25) is 0 Å². The third-order valence-corrected chi connectivity index (χ3v) is 4.77. The molecule has 0 bridgehead atoms. The number of amides is 2. The molecule has 0 radical (unpaired) electrons. The first-order chi connectivity index (χ1) is 9.20. The Hall–Kier alpha value is -1.12. The van der Waals surface area contributed by atoms with Crippen LogP contribution in [0.3, 0.4) is 0 Å². The molecular weight excluding hydrogens is 297 g/mol. The largest absolute Gasteiger partial charge is 0.480 e. The Morgan fingerprint density at radius 2 is 2.00 bits per heavy atom. The number of hydrogen-bond acceptors (Lipinski definition) is 3. The van der Waals surface area contributed by atoms with Crippen LogP contribution in [0.1, 0.15) is 12.8 Å². The van der Waals surface area contributed by atoms with Gasteiger partial charge < -0.3 is 10.0 Å². The number of carbonyl (C=O) groups excluding carboxylic acids is 1. The maximum Gasteiger partial charge on any atom is 0.406 e. The van der Waals surface area contributed by atoms with Crippen LogP contribution in [0.2, 0.25) is 0 Å². The highest BCUT2D eigenvalue weighted by Crippen LogP contribution is 2.45. The molecule has 1 aliphatic heterocycles. The monoisotopic (exact) mass is 312 g/mol. The van der Waals surface area contributed by atoms with Gasteiger partial charge in [0.25, 0.3) is 0 Å². The normalized spacial score (nSPS) is 26.7. The molecule has 2 amide bonds. The molecule has 2 fully saturated rings. The predicted molar refractivity (Wildman–Crippen MR) is 66.3 cm³/mol. The van der Waals surface area contributed by atoms with Crippen molar-refractivity contribution >= 4 is 23.8 Å². The van der Waals surface area contributed by atoms with Gasteiger partial charge in [-0.15, -0.1) is 11.8 Å². The van der Waals surface area contributed by atoms with E-state index in [-0.39, 0.29) is 17.0 Å². The minimum Gasteiger partial charge on any atom is -0.480 e. The van der Waals surface area contributed by atoms with Crippen LogP contribution in [-0.2, 0) is 4.79 Å². The molecule has 114 valence electrons. The Morgan fingerprint density at radius 1 is 1.40 bits per heavy atom. The van der Waals surface area contributed by atoms with Crippen molar-refractivity contribution in [3.8, 4) is 0 Å². The molecule has 20 heavy (non-hydrogen) atoms. The first-order valence-electron chi connectivity index (χ1n) is 6.15. The zero-order chi connectivity index (χ0) is 15.1. The van der Waals surface area contributed by atoms with E-state index >= 15 is 0 Å². The van der Waals surface area contributed by atoms with E-state index in [9.17, 15) is 22.8 Å². The van der Waals surface area contributed by atoms with Crippen LogP contribution < -0.4 is 0 Å². The van der Waals surface area contributed by atoms with Crippen LogP contribution in [0.15, 0.2) is 0 Å². The second-order valence-electron chi connectivity index (χ2n) is 5.08. The number of aliphatic carboxylic acids is 1. The fourth-order valence-electron chi connectivity index (χ4n) is 2.24. The van der Waals surface area contributed by atoms with Crippen molar-refractivity contribution in [3.05, 3.63) is 0 Å². The molecule has 1 aliphatic carbocycles. The summed E-state index contributed by atoms with van der Waals surface area (Å²) in [5, 5.41) is 8.80. The van der Waals surface area contributed by atoms with Crippen molar-refractivity contribution in [2.45, 2.75) is 30.4 Å². The van der Waals surface area contributed by atoms with Crippen molar-refractivity contribution in [2.24, 2.45) is 5.92 Å². The third kappa shape index (κ3) is 3.31. The Labute approximate surface area is 118 Å². The highest BCUT2D eigenvalue weighted by Gasteiger charge is 2.49. The highest BCUT2D eigenvalue weighted by atomic mass is 32.2. The Bertz CT molecular complexity index is 414. The first-order valence-corrected chi connectivity index (χ1v) is 7.20. The van der Waals surface area contributed by atoms with E-state index in [2.05, 4.69) is 0 Å². The van der Waals surface area contributed by atoms with E-state index in [4.69, 9.17) is 5.11 Å². The van der Waals surface area contributed by atoms with Crippen LogP contribution in [0.4, 0.5) is 18.0 Å². The lowest BCUT2D eigenvalue weighted by atomic mass is 10.2. The Balaban J connectivity index is 2.12. The van der Waals surface area contributed by atoms with Crippen molar-refractivity contribution in [3.63, 3.8) is 0 Å². The number of hydrogen-bond donors (Lipinski definition) is 1. The molecule has 2 aliphatic rings. The van der Waals surface area contributed by atoms with Gasteiger partial charge in [-0.25, -0.2) is 9.59 Å². The van der Waals surface area contributed by atoms with E-state index in [1.165, 1.54) is 11.8 Å². The summed E-state index contributed by atoms with van der Waals surface area (Å²) >= 11 is 1.34. The van der Waals surface area contributed by atoms with Gasteiger partial charge in [0.1, 0.15) is 12.6 Å². The minimum atomic E-state index is -4.49. The van der Waals surface area contributed by atoms with Gasteiger partial charge in [0, 0.05) is 12.8 Å². The molecule has 2 rings (SSSR count). The predicted octanol–water partition coefficient (Wildman–Crippen LogP) is 1.84. The molecule has 2 atom stereocenters. The fraction of sp³-hybridized carbons (Fsp3) is 0.818. The van der Waals surface area contributed by atoms with Crippen LogP contribution >= 0.6 is 11.8 Å². The maximum atomic E-state index is 12.3. The molecule has 0 aromatic heterocycles. The summed E-state index contributed by atoms with van der Waals surface area (Å²) in [5.41, 5.74) is 0. The molecule has 0 aromatic carbocycles. The number of nitrogens with zero attached hydrogens (tertiary/aromatic N) is 2. The molecule has 1 heterocycles. The maximum absolute atomic E-state index is 12.3. The highest BCUT2D eigenvalue weighted by molar-refractivity contribution is 8.00. The van der Waals surface area contributed by atoms with E-state index in [0.717, 1.165) is 24.8 Å². The number of rotatable bonds is 3. The summed E-state index contributed by atoms with van der Waals surface area (Å²) in [6.45, 7) is -1.38. The number of alkyl halides is 3. The van der Waals surface area contributed by atoms with Gasteiger partial charge >= 0.3 is 18.2 Å². The zero-order valence-corrected chi connectivity index (χ0v) is 11.6. The van der Waals surface area contributed by atoms with Crippen LogP contribution in [0.5, 0.6) is 0 Å². The quantitative estimate of drug-likeness (QED) is 0.864. The third-order valence-electron chi connectivity index (χ3n) is 3.31. The van der Waals surface area contributed by atoms with Gasteiger partial charge in [0.05, 0.1) is 5.37 Å². The number of halogens is 3. The van der Waals surface area contributed by atoms with Crippen LogP contribution in [0, 0.1) is 5.92 Å². The molecule has 1 saturated heterocycles. The number of carboxylic acids is 1. The average Bonchev–Trinajstić information content (AvgIpc) is 3.04. The lowest BCUT2D eigenvalue weighted by molar-refractivity contribution is -0.143. The van der Waals surface area contributed by atoms with Gasteiger partial charge in [0.15, 0.2) is 0 Å². The van der Waals surface area contributed by atoms with Crippen molar-refractivity contribution in [1.29, 1.82) is 0 Å². The fourth-order valence-corrected chi connectivity index (χ4v) is 3.86. The number of carboxylic acid groups (broad SMARTS) is 1. The molecule has 5 nitrogen and oxygen atoms in total. The summed E-state index contributed by atoms with van der Waals surface area (Å²) in [6, 6.07) is -1.91. The van der Waals surface area contributed by atoms with Crippen molar-refractivity contribution in [2.75, 3.05) is 19.3 Å². The molecule has 0 aromatic rings. The molecular formula is C11H15F3N2O3S. The van der Waals surface area contributed by atoms with Crippen molar-refractivity contribution in [1.82, 2.24) is 9.80 Å². The first kappa shape index (κ1) is 15.3. The summed E-state index contributed by atoms with van der Waals surface area (Å²) < 4.78 is 37.0. The number of urea groups is 1. The molecule has 1 N–H and O–H groups in total. The van der Waals surface area contributed by atoms with Gasteiger partial charge in [-0.05, 0) is 18.8 Å². The Morgan fingerprint density at radius 3 is 2.45 bits per heavy atom. The van der Waals surface area contributed by atoms with Crippen LogP contribution in [-0.4, -0.2) is 63.8 Å². The molecule has 2 unspecified atom stereocenters. The summed E-state index contributed by atoms with van der Waals surface area (Å²) in [7, 11) is 1.04. The number of carbonyl (C=O) groups is 2. The summed E-state index contributed by atoms with van der Waals surface area (Å²) in [4.78, 5) is 25.0. The van der Waals surface area contributed by atoms with E-state index < -0.39 is 30.8 Å². The molecule has 0 spiro atoms. The zero-order valence-electron chi connectivity index (χ0n) is 10.8. The van der Waals surface area contributed by atoms with E-state index in [1.807, 2.05) is 0 Å². The van der Waals surface area contributed by atoms with E-state index in [1.54, 1.807) is 0 Å². The van der Waals surface area contributed by atoms with Gasteiger partial charge in [-0.3, -0.25) is 4.90 Å². The lowest BCUT2D eigenvalue weighted by Gasteiger charge is -2.32. The summed E-state index contributed by atoms with van der Waals surface area (Å²) in [5.74, 6) is -0.746. The smallest absolute Gasteiger partial charge is 0.406 e.